The molecule has 0 amide bonds. The van der Waals surface area contributed by atoms with Gasteiger partial charge >= 0.3 is 11.9 Å². The maximum atomic E-state index is 13.2. The molecule has 0 saturated heterocycles. The minimum atomic E-state index is -1.02. The van der Waals surface area contributed by atoms with Crippen molar-refractivity contribution < 1.29 is 33.3 Å². The first kappa shape index (κ1) is 24.3. The number of ketones is 1. The van der Waals surface area contributed by atoms with Gasteiger partial charge in [0.15, 0.2) is 17.3 Å². The number of ether oxygens (including phenoxy) is 4. The van der Waals surface area contributed by atoms with Crippen molar-refractivity contribution in [1.29, 1.82) is 5.26 Å². The molecule has 184 valence electrons. The van der Waals surface area contributed by atoms with E-state index in [4.69, 9.17) is 24.7 Å². The predicted octanol–water partition coefficient (Wildman–Crippen LogP) is 2.56. The highest BCUT2D eigenvalue weighted by Gasteiger charge is 2.44. The van der Waals surface area contributed by atoms with E-state index in [0.717, 1.165) is 14.2 Å². The highest BCUT2D eigenvalue weighted by Crippen LogP contribution is 2.46. The maximum absolute atomic E-state index is 13.2. The number of hydrogen-bond donors (Lipinski definition) is 1. The minimum Gasteiger partial charge on any atom is -0.486 e. The molecular formula is C26H23N3O7. The summed E-state index contributed by atoms with van der Waals surface area (Å²) in [5.74, 6) is -2.68. The first-order chi connectivity index (χ1) is 17.3. The average molecular weight is 489 g/mol. The van der Waals surface area contributed by atoms with Crippen LogP contribution in [-0.4, -0.2) is 45.2 Å². The fourth-order valence-corrected chi connectivity index (χ4v) is 4.31. The number of rotatable bonds is 5. The molecule has 2 heterocycles. The van der Waals surface area contributed by atoms with E-state index >= 15 is 0 Å². The molecule has 1 unspecified atom stereocenters. The minimum absolute atomic E-state index is 0.0151. The molecule has 2 aliphatic heterocycles. The molecule has 0 fully saturated rings. The molecule has 0 spiro atoms. The van der Waals surface area contributed by atoms with E-state index < -0.39 is 17.9 Å². The van der Waals surface area contributed by atoms with Gasteiger partial charge in [0.1, 0.15) is 24.7 Å². The normalized spacial score (nSPS) is 16.8. The van der Waals surface area contributed by atoms with Crippen LogP contribution in [0.5, 0.6) is 11.5 Å². The Labute approximate surface area is 207 Å². The number of esters is 2. The van der Waals surface area contributed by atoms with Crippen molar-refractivity contribution in [3.05, 3.63) is 76.3 Å². The summed E-state index contributed by atoms with van der Waals surface area (Å²) in [6, 6.07) is 13.7. The number of anilines is 1. The number of hydrogen-bond acceptors (Lipinski definition) is 10. The molecule has 10 nitrogen and oxygen atoms in total. The van der Waals surface area contributed by atoms with Gasteiger partial charge in [-0.05, 0) is 18.6 Å². The highest BCUT2D eigenvalue weighted by molar-refractivity contribution is 6.09. The third-order valence-electron chi connectivity index (χ3n) is 5.89. The molecule has 2 aromatic rings. The van der Waals surface area contributed by atoms with Gasteiger partial charge in [-0.15, -0.1) is 0 Å². The van der Waals surface area contributed by atoms with Gasteiger partial charge in [0.25, 0.3) is 0 Å². The molecule has 36 heavy (non-hydrogen) atoms. The number of fused-ring (bicyclic) bond motifs is 1. The third kappa shape index (κ3) is 4.01. The number of nitrogens with zero attached hydrogens (tertiary/aromatic N) is 2. The van der Waals surface area contributed by atoms with Gasteiger partial charge in [-0.2, -0.15) is 5.26 Å². The summed E-state index contributed by atoms with van der Waals surface area (Å²) in [6.07, 6.45) is 0. The number of nitriles is 1. The topological polar surface area (TPSA) is 141 Å². The molecule has 2 aliphatic rings. The fraction of sp³-hybridized carbons (Fsp3) is 0.231. The Hall–Kier alpha value is -4.78. The molecule has 0 bridgehead atoms. The summed E-state index contributed by atoms with van der Waals surface area (Å²) in [5, 5.41) is 10.2. The Balaban J connectivity index is 2.10. The Morgan fingerprint density at radius 1 is 1.03 bits per heavy atom. The van der Waals surface area contributed by atoms with Crippen molar-refractivity contribution in [2.45, 2.75) is 12.8 Å². The SMILES string of the molecule is COC(=O)C1=C(C(=O)OC)N(c2cc3c(cc2C(C)=O)OCCO3)C(N)=C(C#N)C1c1ccccc1. The summed E-state index contributed by atoms with van der Waals surface area (Å²) < 4.78 is 21.3. The van der Waals surface area contributed by atoms with Crippen LogP contribution in [0.15, 0.2) is 65.1 Å². The van der Waals surface area contributed by atoms with Crippen LogP contribution in [0.2, 0.25) is 0 Å². The highest BCUT2D eigenvalue weighted by atomic mass is 16.6. The second kappa shape index (κ2) is 9.84. The first-order valence-electron chi connectivity index (χ1n) is 10.9. The van der Waals surface area contributed by atoms with Gasteiger partial charge in [-0.3, -0.25) is 9.69 Å². The van der Waals surface area contributed by atoms with Crippen LogP contribution >= 0.6 is 0 Å². The Morgan fingerprint density at radius 2 is 1.64 bits per heavy atom. The Bertz CT molecular complexity index is 1360. The zero-order valence-electron chi connectivity index (χ0n) is 19.9. The van der Waals surface area contributed by atoms with Crippen molar-refractivity contribution in [2.75, 3.05) is 32.3 Å². The zero-order chi connectivity index (χ0) is 26.0. The average Bonchev–Trinajstić information content (AvgIpc) is 2.91. The standard InChI is InChI=1S/C26H23N3O7/c1-14(30)16-11-19-20(36-10-9-35-19)12-18(16)29-23(26(32)34-3)22(25(31)33-2)21(17(13-27)24(29)28)15-7-5-4-6-8-15/h4-8,11-12,21H,9-10,28H2,1-3H3. The maximum Gasteiger partial charge on any atom is 0.355 e. The molecule has 0 aromatic heterocycles. The first-order valence-corrected chi connectivity index (χ1v) is 10.9. The van der Waals surface area contributed by atoms with Gasteiger partial charge in [-0.1, -0.05) is 30.3 Å². The Morgan fingerprint density at radius 3 is 2.19 bits per heavy atom. The van der Waals surface area contributed by atoms with Crippen molar-refractivity contribution >= 4 is 23.4 Å². The number of methoxy groups -OCH3 is 2. The van der Waals surface area contributed by atoms with E-state index in [1.54, 1.807) is 30.3 Å². The van der Waals surface area contributed by atoms with Crippen molar-refractivity contribution in [3.63, 3.8) is 0 Å². The van der Waals surface area contributed by atoms with E-state index in [1.807, 2.05) is 0 Å². The van der Waals surface area contributed by atoms with Gasteiger partial charge in [0.2, 0.25) is 0 Å². The number of nitrogens with two attached hydrogens (primary N) is 1. The fourth-order valence-electron chi connectivity index (χ4n) is 4.31. The zero-order valence-corrected chi connectivity index (χ0v) is 19.9. The lowest BCUT2D eigenvalue weighted by Crippen LogP contribution is -2.41. The number of allylic oxidation sites excluding steroid dienone is 1. The second-order valence-electron chi connectivity index (χ2n) is 7.90. The monoisotopic (exact) mass is 489 g/mol. The van der Waals surface area contributed by atoms with E-state index in [1.165, 1.54) is 24.0 Å². The summed E-state index contributed by atoms with van der Waals surface area (Å²) in [6.45, 7) is 1.90. The second-order valence-corrected chi connectivity index (χ2v) is 7.90. The van der Waals surface area contributed by atoms with Crippen LogP contribution in [0.25, 0.3) is 0 Å². The molecule has 0 radical (unpaired) electrons. The van der Waals surface area contributed by atoms with Crippen molar-refractivity contribution in [1.82, 2.24) is 0 Å². The number of carbonyl (C=O) groups excluding carboxylic acids is 3. The molecular weight excluding hydrogens is 466 g/mol. The van der Waals surface area contributed by atoms with E-state index in [2.05, 4.69) is 6.07 Å². The molecule has 4 rings (SSSR count). The molecule has 2 aromatic carbocycles. The van der Waals surface area contributed by atoms with Gasteiger partial charge in [0, 0.05) is 11.6 Å². The van der Waals surface area contributed by atoms with Crippen LogP contribution in [0.4, 0.5) is 5.69 Å². The lowest BCUT2D eigenvalue weighted by atomic mass is 9.80. The van der Waals surface area contributed by atoms with Crippen LogP contribution in [-0.2, 0) is 19.1 Å². The molecule has 2 N–H and O–H groups in total. The van der Waals surface area contributed by atoms with E-state index in [9.17, 15) is 19.6 Å². The van der Waals surface area contributed by atoms with Crippen molar-refractivity contribution in [2.24, 2.45) is 5.73 Å². The van der Waals surface area contributed by atoms with Gasteiger partial charge in [-0.25, -0.2) is 9.59 Å². The van der Waals surface area contributed by atoms with Gasteiger partial charge < -0.3 is 24.7 Å². The van der Waals surface area contributed by atoms with Crippen LogP contribution in [0.3, 0.4) is 0 Å². The number of benzene rings is 2. The molecule has 10 heteroatoms. The molecule has 0 saturated carbocycles. The lowest BCUT2D eigenvalue weighted by Gasteiger charge is -2.37. The third-order valence-corrected chi connectivity index (χ3v) is 5.89. The van der Waals surface area contributed by atoms with Crippen molar-refractivity contribution in [3.8, 4) is 17.6 Å². The molecule has 1 atom stereocenters. The largest absolute Gasteiger partial charge is 0.486 e. The summed E-state index contributed by atoms with van der Waals surface area (Å²) >= 11 is 0. The lowest BCUT2D eigenvalue weighted by molar-refractivity contribution is -0.139. The number of Topliss-reactive ketones (excluding diaryl/α,β-unsaturated/α-hetero) is 1. The van der Waals surface area contributed by atoms with E-state index in [-0.39, 0.29) is 46.3 Å². The van der Waals surface area contributed by atoms with Gasteiger partial charge in [0.05, 0.1) is 43.0 Å². The van der Waals surface area contributed by atoms with Crippen LogP contribution in [0.1, 0.15) is 28.8 Å². The summed E-state index contributed by atoms with van der Waals surface area (Å²) in [4.78, 5) is 40.3. The predicted molar refractivity (Wildman–Crippen MR) is 127 cm³/mol. The van der Waals surface area contributed by atoms with Crippen LogP contribution in [0, 0.1) is 11.3 Å². The van der Waals surface area contributed by atoms with Crippen LogP contribution < -0.4 is 20.1 Å². The summed E-state index contributed by atoms with van der Waals surface area (Å²) in [5.41, 5.74) is 6.85. The smallest absolute Gasteiger partial charge is 0.355 e. The van der Waals surface area contributed by atoms with E-state index in [0.29, 0.717) is 23.7 Å². The Kier molecular flexibility index (Phi) is 6.65. The number of carbonyl (C=O) groups is 3. The molecule has 0 aliphatic carbocycles. The quantitative estimate of drug-likeness (QED) is 0.492. The summed E-state index contributed by atoms with van der Waals surface area (Å²) in [7, 11) is 2.31.